The van der Waals surface area contributed by atoms with E-state index in [4.69, 9.17) is 25.2 Å². The van der Waals surface area contributed by atoms with Gasteiger partial charge < -0.3 is 20.2 Å². The van der Waals surface area contributed by atoms with E-state index >= 15 is 0 Å². The van der Waals surface area contributed by atoms with Crippen LogP contribution in [-0.2, 0) is 9.47 Å². The predicted octanol–water partition coefficient (Wildman–Crippen LogP) is 8.58. The Bertz CT molecular complexity index is 1990. The van der Waals surface area contributed by atoms with Crippen LogP contribution in [0.2, 0.25) is 0 Å². The Labute approximate surface area is 306 Å². The highest BCUT2D eigenvalue weighted by Crippen LogP contribution is 2.36. The first-order chi connectivity index (χ1) is 24.5. The number of pyridine rings is 1. The van der Waals surface area contributed by atoms with Crippen molar-refractivity contribution in [1.82, 2.24) is 24.8 Å². The average Bonchev–Trinajstić information content (AvgIpc) is 3.81. The normalized spacial score (nSPS) is 21.3. The molecule has 2 fully saturated rings. The molecule has 3 N–H and O–H groups in total. The maximum absolute atomic E-state index is 13.0. The second kappa shape index (κ2) is 14.4. The molecule has 6 rings (SSSR count). The Balaban J connectivity index is 1.12. The zero-order chi connectivity index (χ0) is 37.4. The molecule has 4 atom stereocenters. The minimum atomic E-state index is -0.564. The first kappa shape index (κ1) is 36.6. The molecule has 0 aliphatic carbocycles. The third kappa shape index (κ3) is 8.63. The lowest BCUT2D eigenvalue weighted by atomic mass is 10.0. The number of amides is 2. The van der Waals surface area contributed by atoms with Crippen molar-refractivity contribution in [2.45, 2.75) is 91.5 Å². The number of hydrogen-bond donors (Lipinski definition) is 2. The summed E-state index contributed by atoms with van der Waals surface area (Å²) >= 11 is 0. The fraction of sp³-hybridized carbons (Fsp3) is 0.439. The van der Waals surface area contributed by atoms with Crippen molar-refractivity contribution < 1.29 is 19.1 Å². The number of carbonyl (C=O) groups excluding carboxylic acids is 2. The molecule has 2 aliphatic rings. The number of rotatable bonds is 6. The molecule has 2 aliphatic heterocycles. The number of imidazole rings is 1. The van der Waals surface area contributed by atoms with Crippen LogP contribution in [0, 0.1) is 11.8 Å². The molecule has 0 unspecified atom stereocenters. The summed E-state index contributed by atoms with van der Waals surface area (Å²) in [4.78, 5) is 46.8. The van der Waals surface area contributed by atoms with Gasteiger partial charge in [-0.15, -0.1) is 0 Å². The molecule has 2 aromatic carbocycles. The second-order valence-electron chi connectivity index (χ2n) is 16.3. The van der Waals surface area contributed by atoms with Gasteiger partial charge in [-0.05, 0) is 101 Å². The van der Waals surface area contributed by atoms with Gasteiger partial charge in [0.1, 0.15) is 22.7 Å². The number of nitrogens with zero attached hydrogens (tertiary/aromatic N) is 5. The van der Waals surface area contributed by atoms with E-state index < -0.39 is 11.2 Å². The fourth-order valence-electron chi connectivity index (χ4n) is 6.82. The number of benzene rings is 2. The van der Waals surface area contributed by atoms with Gasteiger partial charge in [-0.1, -0.05) is 50.2 Å². The molecule has 52 heavy (non-hydrogen) atoms. The number of fused-ring (bicyclic) bond motifs is 1. The van der Waals surface area contributed by atoms with Crippen LogP contribution in [0.25, 0.3) is 39.1 Å². The number of aliphatic imine (C=N–C) groups is 1. The zero-order valence-electron chi connectivity index (χ0n) is 31.5. The number of nitrogens with two attached hydrogens (primary N) is 1. The van der Waals surface area contributed by atoms with Crippen LogP contribution in [0.15, 0.2) is 72.0 Å². The van der Waals surface area contributed by atoms with Gasteiger partial charge in [0.25, 0.3) is 0 Å². The molecule has 274 valence electrons. The smallest absolute Gasteiger partial charge is 0.410 e. The Morgan fingerprint density at radius 2 is 1.46 bits per heavy atom. The van der Waals surface area contributed by atoms with Crippen LogP contribution in [0.5, 0.6) is 0 Å². The third-order valence-corrected chi connectivity index (χ3v) is 9.21. The molecule has 2 aromatic heterocycles. The fourth-order valence-corrected chi connectivity index (χ4v) is 6.82. The highest BCUT2D eigenvalue weighted by Gasteiger charge is 2.38. The molecular weight excluding hydrogens is 654 g/mol. The highest BCUT2D eigenvalue weighted by atomic mass is 16.6. The largest absolute Gasteiger partial charge is 0.444 e. The Morgan fingerprint density at radius 3 is 2.15 bits per heavy atom. The molecule has 2 amide bonds. The van der Waals surface area contributed by atoms with Gasteiger partial charge in [-0.2, -0.15) is 0 Å². The summed E-state index contributed by atoms with van der Waals surface area (Å²) < 4.78 is 11.3. The standard InChI is InChI=1S/C41H51N7O4/c1-25-17-31(47(23-25)38(49)51-40(3,4)5)20-43-21-32(42)28-11-9-27(10-12-28)29-13-15-33-30(19-29)14-16-34(45-33)35-22-44-37(46-35)36-18-26(2)24-48(36)39(50)52-41(6,7)8/h9-16,19-22,25-26,31,36H,17-18,23-24,42H2,1-8H3,(H,44,46)/b32-21-,43-20+/t25-,26-,31-,36-/m0/s1. The summed E-state index contributed by atoms with van der Waals surface area (Å²) in [5.74, 6) is 1.44. The lowest BCUT2D eigenvalue weighted by Gasteiger charge is -2.27. The van der Waals surface area contributed by atoms with E-state index in [1.165, 1.54) is 0 Å². The van der Waals surface area contributed by atoms with Crippen LogP contribution in [-0.4, -0.2) is 73.5 Å². The van der Waals surface area contributed by atoms with Crippen LogP contribution < -0.4 is 5.73 Å². The summed E-state index contributed by atoms with van der Waals surface area (Å²) in [6.45, 7) is 16.8. The molecule has 11 nitrogen and oxygen atoms in total. The van der Waals surface area contributed by atoms with E-state index in [-0.39, 0.29) is 24.3 Å². The van der Waals surface area contributed by atoms with Crippen molar-refractivity contribution >= 4 is 35.0 Å². The quantitative estimate of drug-likeness (QED) is 0.192. The number of aromatic nitrogens is 3. The van der Waals surface area contributed by atoms with Crippen molar-refractivity contribution in [1.29, 1.82) is 0 Å². The molecule has 0 spiro atoms. The van der Waals surface area contributed by atoms with Gasteiger partial charge in [-0.3, -0.25) is 14.8 Å². The van der Waals surface area contributed by atoms with Gasteiger partial charge in [-0.25, -0.2) is 19.6 Å². The minimum Gasteiger partial charge on any atom is -0.444 e. The van der Waals surface area contributed by atoms with E-state index in [1.54, 1.807) is 22.2 Å². The van der Waals surface area contributed by atoms with Gasteiger partial charge in [0.2, 0.25) is 0 Å². The number of likely N-dealkylation sites (tertiary alicyclic amines) is 2. The topological polar surface area (TPSA) is 139 Å². The summed E-state index contributed by atoms with van der Waals surface area (Å²) in [5, 5.41) is 1.01. The summed E-state index contributed by atoms with van der Waals surface area (Å²) in [5.41, 5.74) is 11.1. The van der Waals surface area contributed by atoms with Gasteiger partial charge in [0, 0.05) is 30.9 Å². The maximum Gasteiger partial charge on any atom is 0.410 e. The Morgan fingerprint density at radius 1 is 0.827 bits per heavy atom. The van der Waals surface area contributed by atoms with Crippen molar-refractivity contribution in [3.05, 3.63) is 78.4 Å². The van der Waals surface area contributed by atoms with Gasteiger partial charge in [0.05, 0.1) is 35.2 Å². The average molecular weight is 706 g/mol. The maximum atomic E-state index is 13.0. The monoisotopic (exact) mass is 705 g/mol. The summed E-state index contributed by atoms with van der Waals surface area (Å²) in [7, 11) is 0. The lowest BCUT2D eigenvalue weighted by Crippen LogP contribution is -2.40. The number of hydrogen-bond acceptors (Lipinski definition) is 8. The highest BCUT2D eigenvalue weighted by molar-refractivity contribution is 5.86. The number of aromatic amines is 1. The molecule has 0 bridgehead atoms. The van der Waals surface area contributed by atoms with Crippen molar-refractivity contribution in [3.63, 3.8) is 0 Å². The van der Waals surface area contributed by atoms with E-state index in [0.717, 1.165) is 57.6 Å². The Hall–Kier alpha value is -5.19. The second-order valence-corrected chi connectivity index (χ2v) is 16.3. The Kier molecular flexibility index (Phi) is 10.2. The molecule has 4 heterocycles. The number of carbonyl (C=O) groups is 2. The number of ether oxygens (including phenoxy) is 2. The number of H-pyrrole nitrogens is 1. The van der Waals surface area contributed by atoms with Crippen LogP contribution in [0.4, 0.5) is 9.59 Å². The molecule has 0 saturated carbocycles. The summed E-state index contributed by atoms with van der Waals surface area (Å²) in [6.07, 6.45) is 6.28. The molecule has 11 heteroatoms. The van der Waals surface area contributed by atoms with Crippen molar-refractivity contribution in [2.24, 2.45) is 22.6 Å². The summed E-state index contributed by atoms with van der Waals surface area (Å²) in [6, 6.07) is 18.0. The van der Waals surface area contributed by atoms with Crippen LogP contribution in [0.1, 0.15) is 85.7 Å². The minimum absolute atomic E-state index is 0.135. The van der Waals surface area contributed by atoms with E-state index in [9.17, 15) is 9.59 Å². The molecular formula is C41H51N7O4. The zero-order valence-corrected chi connectivity index (χ0v) is 31.5. The first-order valence-corrected chi connectivity index (χ1v) is 18.1. The van der Waals surface area contributed by atoms with Gasteiger partial charge >= 0.3 is 12.2 Å². The van der Waals surface area contributed by atoms with Crippen LogP contribution in [0.3, 0.4) is 0 Å². The van der Waals surface area contributed by atoms with E-state index in [1.807, 2.05) is 84.1 Å². The van der Waals surface area contributed by atoms with Crippen molar-refractivity contribution in [2.75, 3.05) is 13.1 Å². The number of nitrogens with one attached hydrogen (secondary N) is 1. The lowest BCUT2D eigenvalue weighted by molar-refractivity contribution is 0.0212. The SMILES string of the molecule is C[C@H]1C[C@@H](/C=N/C=C(\N)c2ccc(-c3ccc4nc(-c5c[nH]c([C@@H]6C[C@H](C)CN6C(=O)OC(C)(C)C)n5)ccc4c3)cc2)N(C(=O)OC(C)(C)C)C1. The first-order valence-electron chi connectivity index (χ1n) is 18.1. The molecule has 0 radical (unpaired) electrons. The third-order valence-electron chi connectivity index (χ3n) is 9.21. The molecule has 2 saturated heterocycles. The molecule has 4 aromatic rings. The predicted molar refractivity (Wildman–Crippen MR) is 205 cm³/mol. The van der Waals surface area contributed by atoms with Crippen molar-refractivity contribution in [3.8, 4) is 22.5 Å². The van der Waals surface area contributed by atoms with Gasteiger partial charge in [0.15, 0.2) is 0 Å². The van der Waals surface area contributed by atoms with E-state index in [2.05, 4.69) is 42.0 Å². The van der Waals surface area contributed by atoms with Crippen LogP contribution >= 0.6 is 0 Å². The van der Waals surface area contributed by atoms with E-state index in [0.29, 0.717) is 30.6 Å².